The molecule has 3 N–H and O–H groups in total. The first-order valence-corrected chi connectivity index (χ1v) is 5.95. The first-order valence-electron chi connectivity index (χ1n) is 5.95. The summed E-state index contributed by atoms with van der Waals surface area (Å²) in [6, 6.07) is 9.70. The van der Waals surface area contributed by atoms with Crippen LogP contribution in [-0.4, -0.2) is 6.10 Å². The molecule has 1 atom stereocenters. The van der Waals surface area contributed by atoms with Crippen molar-refractivity contribution in [1.29, 1.82) is 0 Å². The molecule has 1 unspecified atom stereocenters. The first kappa shape index (κ1) is 12.7. The number of ether oxygens (including phenoxy) is 1. The van der Waals surface area contributed by atoms with Crippen molar-refractivity contribution in [2.75, 3.05) is 0 Å². The third kappa shape index (κ3) is 2.91. The zero-order chi connectivity index (χ0) is 13.0. The lowest BCUT2D eigenvalue weighted by Crippen LogP contribution is -2.28. The standard InChI is InChI=1S/C14H18N2O2/c1-10(2)18-13-5-3-11(4-6-13)14(16-15)12-7-8-17-9-12/h3-10,14,16H,15H2,1-2H3. The van der Waals surface area contributed by atoms with Crippen LogP contribution in [0.25, 0.3) is 0 Å². The van der Waals surface area contributed by atoms with Crippen molar-refractivity contribution < 1.29 is 9.15 Å². The largest absolute Gasteiger partial charge is 0.491 e. The molecule has 2 aromatic rings. The maximum Gasteiger partial charge on any atom is 0.119 e. The van der Waals surface area contributed by atoms with Crippen LogP contribution in [0.2, 0.25) is 0 Å². The van der Waals surface area contributed by atoms with Gasteiger partial charge in [0, 0.05) is 5.56 Å². The Bertz CT molecular complexity index is 463. The molecule has 0 radical (unpaired) electrons. The van der Waals surface area contributed by atoms with E-state index in [1.165, 1.54) is 0 Å². The number of nitrogens with two attached hydrogens (primary N) is 1. The fourth-order valence-corrected chi connectivity index (χ4v) is 1.84. The molecule has 1 aromatic carbocycles. The van der Waals surface area contributed by atoms with Crippen LogP contribution in [0.3, 0.4) is 0 Å². The summed E-state index contributed by atoms with van der Waals surface area (Å²) < 4.78 is 10.7. The Balaban J connectivity index is 2.17. The topological polar surface area (TPSA) is 60.4 Å². The van der Waals surface area contributed by atoms with Gasteiger partial charge >= 0.3 is 0 Å². The van der Waals surface area contributed by atoms with Gasteiger partial charge in [-0.05, 0) is 37.6 Å². The Morgan fingerprint density at radius 2 is 1.83 bits per heavy atom. The van der Waals surface area contributed by atoms with E-state index in [1.807, 2.05) is 44.2 Å². The first-order chi connectivity index (χ1) is 8.70. The van der Waals surface area contributed by atoms with Gasteiger partial charge < -0.3 is 9.15 Å². The lowest BCUT2D eigenvalue weighted by molar-refractivity contribution is 0.242. The third-order valence-corrected chi connectivity index (χ3v) is 2.63. The Kier molecular flexibility index (Phi) is 4.02. The molecule has 0 aliphatic carbocycles. The van der Waals surface area contributed by atoms with E-state index >= 15 is 0 Å². The van der Waals surface area contributed by atoms with Gasteiger partial charge in [0.05, 0.1) is 24.7 Å². The summed E-state index contributed by atoms with van der Waals surface area (Å²) in [5.41, 5.74) is 4.84. The van der Waals surface area contributed by atoms with Gasteiger partial charge in [-0.25, -0.2) is 5.43 Å². The molecule has 0 amide bonds. The van der Waals surface area contributed by atoms with Gasteiger partial charge in [-0.2, -0.15) is 0 Å². The number of rotatable bonds is 5. The Morgan fingerprint density at radius 1 is 1.11 bits per heavy atom. The molecule has 18 heavy (non-hydrogen) atoms. The second-order valence-corrected chi connectivity index (χ2v) is 4.39. The predicted octanol–water partition coefficient (Wildman–Crippen LogP) is 2.62. The quantitative estimate of drug-likeness (QED) is 0.629. The second-order valence-electron chi connectivity index (χ2n) is 4.39. The number of benzene rings is 1. The Hall–Kier alpha value is -1.78. The molecule has 1 heterocycles. The van der Waals surface area contributed by atoms with E-state index < -0.39 is 0 Å². The molecule has 0 saturated heterocycles. The highest BCUT2D eigenvalue weighted by Crippen LogP contribution is 2.24. The highest BCUT2D eigenvalue weighted by Gasteiger charge is 2.13. The van der Waals surface area contributed by atoms with Gasteiger partial charge in [0.2, 0.25) is 0 Å². The minimum atomic E-state index is -0.0724. The molecule has 0 fully saturated rings. The summed E-state index contributed by atoms with van der Waals surface area (Å²) in [6.07, 6.45) is 3.49. The van der Waals surface area contributed by atoms with Crippen LogP contribution in [0, 0.1) is 0 Å². The molecule has 4 heteroatoms. The van der Waals surface area contributed by atoms with Gasteiger partial charge in [0.1, 0.15) is 5.75 Å². The number of hydrogen-bond donors (Lipinski definition) is 2. The minimum Gasteiger partial charge on any atom is -0.491 e. The zero-order valence-corrected chi connectivity index (χ0v) is 10.6. The highest BCUT2D eigenvalue weighted by atomic mass is 16.5. The van der Waals surface area contributed by atoms with E-state index in [0.717, 1.165) is 16.9 Å². The normalized spacial score (nSPS) is 12.7. The summed E-state index contributed by atoms with van der Waals surface area (Å²) in [6.45, 7) is 4.01. The van der Waals surface area contributed by atoms with Crippen LogP contribution in [0.5, 0.6) is 5.75 Å². The van der Waals surface area contributed by atoms with Crippen molar-refractivity contribution in [2.24, 2.45) is 5.84 Å². The molecular weight excluding hydrogens is 228 g/mol. The summed E-state index contributed by atoms with van der Waals surface area (Å²) in [5.74, 6) is 6.45. The van der Waals surface area contributed by atoms with Gasteiger partial charge in [-0.3, -0.25) is 5.84 Å². The van der Waals surface area contributed by atoms with Crippen molar-refractivity contribution in [1.82, 2.24) is 5.43 Å². The van der Waals surface area contributed by atoms with Crippen molar-refractivity contribution in [2.45, 2.75) is 26.0 Å². The molecule has 96 valence electrons. The molecular formula is C14H18N2O2. The van der Waals surface area contributed by atoms with Gasteiger partial charge in [0.15, 0.2) is 0 Å². The summed E-state index contributed by atoms with van der Waals surface area (Å²) in [4.78, 5) is 0. The minimum absolute atomic E-state index is 0.0724. The van der Waals surface area contributed by atoms with E-state index in [1.54, 1.807) is 12.5 Å². The fraction of sp³-hybridized carbons (Fsp3) is 0.286. The van der Waals surface area contributed by atoms with Crippen LogP contribution >= 0.6 is 0 Å². The Labute approximate surface area is 107 Å². The molecule has 0 aliphatic heterocycles. The van der Waals surface area contributed by atoms with Crippen molar-refractivity contribution in [3.63, 3.8) is 0 Å². The van der Waals surface area contributed by atoms with E-state index in [0.29, 0.717) is 0 Å². The van der Waals surface area contributed by atoms with E-state index in [2.05, 4.69) is 5.43 Å². The molecule has 0 saturated carbocycles. The second kappa shape index (κ2) is 5.71. The molecule has 4 nitrogen and oxygen atoms in total. The van der Waals surface area contributed by atoms with Crippen molar-refractivity contribution >= 4 is 0 Å². The smallest absolute Gasteiger partial charge is 0.119 e. The van der Waals surface area contributed by atoms with E-state index in [4.69, 9.17) is 15.0 Å². The summed E-state index contributed by atoms with van der Waals surface area (Å²) in [7, 11) is 0. The SMILES string of the molecule is CC(C)Oc1ccc(C(NN)c2ccoc2)cc1. The highest BCUT2D eigenvalue weighted by molar-refractivity contribution is 5.34. The lowest BCUT2D eigenvalue weighted by atomic mass is 10.0. The number of hydrazine groups is 1. The van der Waals surface area contributed by atoms with Crippen molar-refractivity contribution in [3.05, 3.63) is 54.0 Å². The average molecular weight is 246 g/mol. The number of furan rings is 1. The molecule has 2 rings (SSSR count). The fourth-order valence-electron chi connectivity index (χ4n) is 1.84. The van der Waals surface area contributed by atoms with E-state index in [-0.39, 0.29) is 12.1 Å². The van der Waals surface area contributed by atoms with Crippen LogP contribution in [0.15, 0.2) is 47.3 Å². The lowest BCUT2D eigenvalue weighted by Gasteiger charge is -2.16. The molecule has 0 aliphatic rings. The molecule has 0 spiro atoms. The number of nitrogens with one attached hydrogen (secondary N) is 1. The third-order valence-electron chi connectivity index (χ3n) is 2.63. The van der Waals surface area contributed by atoms with Crippen LogP contribution < -0.4 is 16.0 Å². The van der Waals surface area contributed by atoms with Crippen LogP contribution in [0.1, 0.15) is 31.0 Å². The molecule has 1 aromatic heterocycles. The Morgan fingerprint density at radius 3 is 2.33 bits per heavy atom. The van der Waals surface area contributed by atoms with Gasteiger partial charge in [-0.15, -0.1) is 0 Å². The number of hydrogen-bond acceptors (Lipinski definition) is 4. The maximum absolute atomic E-state index is 5.60. The zero-order valence-electron chi connectivity index (χ0n) is 10.6. The van der Waals surface area contributed by atoms with Gasteiger partial charge in [0.25, 0.3) is 0 Å². The summed E-state index contributed by atoms with van der Waals surface area (Å²) in [5, 5.41) is 0. The predicted molar refractivity (Wildman–Crippen MR) is 70.1 cm³/mol. The summed E-state index contributed by atoms with van der Waals surface area (Å²) >= 11 is 0. The average Bonchev–Trinajstić information content (AvgIpc) is 2.85. The van der Waals surface area contributed by atoms with E-state index in [9.17, 15) is 0 Å². The van der Waals surface area contributed by atoms with Gasteiger partial charge in [-0.1, -0.05) is 12.1 Å². The molecule has 0 bridgehead atoms. The maximum atomic E-state index is 5.60. The van der Waals surface area contributed by atoms with Crippen LogP contribution in [0.4, 0.5) is 0 Å². The van der Waals surface area contributed by atoms with Crippen LogP contribution in [-0.2, 0) is 0 Å². The monoisotopic (exact) mass is 246 g/mol. The van der Waals surface area contributed by atoms with Crippen molar-refractivity contribution in [3.8, 4) is 5.75 Å².